The Bertz CT molecular complexity index is 848. The summed E-state index contributed by atoms with van der Waals surface area (Å²) >= 11 is 0. The summed E-state index contributed by atoms with van der Waals surface area (Å²) < 4.78 is 32.9. The van der Waals surface area contributed by atoms with Crippen molar-refractivity contribution in [3.63, 3.8) is 0 Å². The molecule has 2 aromatic rings. The zero-order valence-corrected chi connectivity index (χ0v) is 14.1. The standard InChI is InChI=1S/C15H20N4O3S/c1-10-8-18-5-3-4-12(18)9-19(10)23(20,21)13-6-14-11(2)17-22-15(14)16-7-13/h6-7,10,12H,3-5,8-9H2,1-2H3/t10-,12+/m1/s1. The van der Waals surface area contributed by atoms with E-state index in [4.69, 9.17) is 4.52 Å². The number of rotatable bonds is 2. The van der Waals surface area contributed by atoms with Crippen molar-refractivity contribution in [3.05, 3.63) is 18.0 Å². The van der Waals surface area contributed by atoms with Crippen LogP contribution in [0.4, 0.5) is 0 Å². The molecule has 0 amide bonds. The van der Waals surface area contributed by atoms with Gasteiger partial charge in [-0.15, -0.1) is 0 Å². The summed E-state index contributed by atoms with van der Waals surface area (Å²) in [6, 6.07) is 1.93. The first kappa shape index (κ1) is 15.0. The van der Waals surface area contributed by atoms with Crippen molar-refractivity contribution in [2.24, 2.45) is 0 Å². The number of aryl methyl sites for hydroxylation is 1. The second-order valence-corrected chi connectivity index (χ2v) is 8.40. The number of sulfonamides is 1. The van der Waals surface area contributed by atoms with Gasteiger partial charge in [0.15, 0.2) is 0 Å². The maximum absolute atomic E-state index is 13.1. The van der Waals surface area contributed by atoms with E-state index in [1.165, 1.54) is 6.20 Å². The maximum atomic E-state index is 13.1. The van der Waals surface area contributed by atoms with Crippen LogP contribution in [0.15, 0.2) is 21.7 Å². The van der Waals surface area contributed by atoms with Crippen LogP contribution in [0.2, 0.25) is 0 Å². The molecule has 0 radical (unpaired) electrons. The molecular weight excluding hydrogens is 316 g/mol. The van der Waals surface area contributed by atoms with Crippen molar-refractivity contribution in [2.75, 3.05) is 19.6 Å². The molecule has 2 atom stereocenters. The molecule has 2 aliphatic heterocycles. The minimum Gasteiger partial charge on any atom is -0.336 e. The van der Waals surface area contributed by atoms with Crippen molar-refractivity contribution >= 4 is 21.1 Å². The lowest BCUT2D eigenvalue weighted by molar-refractivity contribution is 0.117. The van der Waals surface area contributed by atoms with E-state index in [1.807, 2.05) is 6.92 Å². The van der Waals surface area contributed by atoms with Crippen molar-refractivity contribution in [1.29, 1.82) is 0 Å². The van der Waals surface area contributed by atoms with Crippen LogP contribution in [0.1, 0.15) is 25.5 Å². The highest BCUT2D eigenvalue weighted by Gasteiger charge is 2.40. The molecule has 0 aromatic carbocycles. The van der Waals surface area contributed by atoms with Crippen molar-refractivity contribution in [3.8, 4) is 0 Å². The van der Waals surface area contributed by atoms with E-state index < -0.39 is 10.0 Å². The first-order chi connectivity index (χ1) is 11.0. The van der Waals surface area contributed by atoms with E-state index in [9.17, 15) is 8.42 Å². The summed E-state index contributed by atoms with van der Waals surface area (Å²) in [7, 11) is -3.56. The van der Waals surface area contributed by atoms with Crippen LogP contribution in [-0.2, 0) is 10.0 Å². The Morgan fingerprint density at radius 1 is 1.35 bits per heavy atom. The van der Waals surface area contributed by atoms with Crippen LogP contribution in [0.3, 0.4) is 0 Å². The quantitative estimate of drug-likeness (QED) is 0.824. The van der Waals surface area contributed by atoms with Crippen molar-refractivity contribution in [1.82, 2.24) is 19.3 Å². The van der Waals surface area contributed by atoms with Crippen LogP contribution in [-0.4, -0.2) is 59.5 Å². The van der Waals surface area contributed by atoms with Crippen LogP contribution in [0.5, 0.6) is 0 Å². The molecule has 0 bridgehead atoms. The first-order valence-corrected chi connectivity index (χ1v) is 9.39. The van der Waals surface area contributed by atoms with Gasteiger partial charge < -0.3 is 4.52 Å². The number of nitrogens with zero attached hydrogens (tertiary/aromatic N) is 4. The second kappa shape index (κ2) is 5.25. The number of piperazine rings is 1. The molecule has 0 aliphatic carbocycles. The minimum absolute atomic E-state index is 0.0337. The van der Waals surface area contributed by atoms with E-state index in [0.717, 1.165) is 25.9 Å². The fourth-order valence-corrected chi connectivity index (χ4v) is 5.33. The number of fused-ring (bicyclic) bond motifs is 2. The fourth-order valence-electron chi connectivity index (χ4n) is 3.70. The van der Waals surface area contributed by atoms with E-state index in [2.05, 4.69) is 15.0 Å². The Morgan fingerprint density at radius 2 is 2.17 bits per heavy atom. The SMILES string of the molecule is Cc1noc2ncc(S(=O)(=O)N3C[C@@H]4CCCN4C[C@H]3C)cc12. The molecule has 7 nitrogen and oxygen atoms in total. The smallest absolute Gasteiger partial charge is 0.257 e. The Kier molecular flexibility index (Phi) is 3.44. The summed E-state index contributed by atoms with van der Waals surface area (Å²) in [5.41, 5.74) is 1.02. The van der Waals surface area contributed by atoms with Crippen LogP contribution in [0.25, 0.3) is 11.1 Å². The van der Waals surface area contributed by atoms with Gasteiger partial charge in [0.2, 0.25) is 10.0 Å². The van der Waals surface area contributed by atoms with Gasteiger partial charge in [0.05, 0.1) is 17.3 Å². The summed E-state index contributed by atoms with van der Waals surface area (Å²) in [6.45, 7) is 6.19. The van der Waals surface area contributed by atoms with Gasteiger partial charge >= 0.3 is 0 Å². The minimum atomic E-state index is -3.56. The van der Waals surface area contributed by atoms with Gasteiger partial charge in [-0.3, -0.25) is 4.90 Å². The molecule has 2 fully saturated rings. The highest BCUT2D eigenvalue weighted by Crippen LogP contribution is 2.30. The Balaban J connectivity index is 1.71. The van der Waals surface area contributed by atoms with E-state index in [0.29, 0.717) is 29.4 Å². The molecule has 0 spiro atoms. The average molecular weight is 336 g/mol. The molecule has 0 unspecified atom stereocenters. The maximum Gasteiger partial charge on any atom is 0.257 e. The predicted octanol–water partition coefficient (Wildman–Crippen LogP) is 1.39. The summed E-state index contributed by atoms with van der Waals surface area (Å²) in [5.74, 6) is 0. The number of hydrogen-bond acceptors (Lipinski definition) is 6. The van der Waals surface area contributed by atoms with Gasteiger partial charge in [-0.2, -0.15) is 4.31 Å². The number of aromatic nitrogens is 2. The number of pyridine rings is 1. The molecule has 2 aromatic heterocycles. The Hall–Kier alpha value is -1.51. The zero-order valence-electron chi connectivity index (χ0n) is 13.3. The topological polar surface area (TPSA) is 79.5 Å². The average Bonchev–Trinajstić information content (AvgIpc) is 3.12. The summed E-state index contributed by atoms with van der Waals surface area (Å²) in [6.07, 6.45) is 3.59. The lowest BCUT2D eigenvalue weighted by atomic mass is 10.1. The first-order valence-electron chi connectivity index (χ1n) is 7.95. The third-order valence-corrected chi connectivity index (χ3v) is 6.92. The van der Waals surface area contributed by atoms with E-state index in [-0.39, 0.29) is 10.9 Å². The van der Waals surface area contributed by atoms with Crippen molar-refractivity contribution < 1.29 is 12.9 Å². The van der Waals surface area contributed by atoms with Gasteiger partial charge in [-0.25, -0.2) is 13.4 Å². The summed E-state index contributed by atoms with van der Waals surface area (Å²) in [4.78, 5) is 6.73. The largest absolute Gasteiger partial charge is 0.336 e. The van der Waals surface area contributed by atoms with Gasteiger partial charge in [-0.05, 0) is 39.3 Å². The van der Waals surface area contributed by atoms with Gasteiger partial charge in [0, 0.05) is 25.2 Å². The molecule has 0 N–H and O–H groups in total. The fraction of sp³-hybridized carbons (Fsp3) is 0.600. The number of hydrogen-bond donors (Lipinski definition) is 0. The van der Waals surface area contributed by atoms with Crippen LogP contribution < -0.4 is 0 Å². The Labute approximate surface area is 135 Å². The molecular formula is C15H20N4O3S. The van der Waals surface area contributed by atoms with E-state index in [1.54, 1.807) is 17.3 Å². The molecule has 0 saturated carbocycles. The normalized spacial score (nSPS) is 26.7. The highest BCUT2D eigenvalue weighted by molar-refractivity contribution is 7.89. The molecule has 124 valence electrons. The van der Waals surface area contributed by atoms with Crippen LogP contribution in [0, 0.1) is 6.92 Å². The van der Waals surface area contributed by atoms with Gasteiger partial charge in [0.25, 0.3) is 5.71 Å². The molecule has 2 saturated heterocycles. The third kappa shape index (κ3) is 2.36. The molecule has 2 aliphatic rings. The lowest BCUT2D eigenvalue weighted by Crippen LogP contribution is -2.56. The molecule has 23 heavy (non-hydrogen) atoms. The molecule has 8 heteroatoms. The predicted molar refractivity (Wildman–Crippen MR) is 84.5 cm³/mol. The molecule has 4 rings (SSSR count). The summed E-state index contributed by atoms with van der Waals surface area (Å²) in [5, 5.41) is 4.49. The van der Waals surface area contributed by atoms with E-state index >= 15 is 0 Å². The lowest BCUT2D eigenvalue weighted by Gasteiger charge is -2.41. The van der Waals surface area contributed by atoms with Crippen LogP contribution >= 0.6 is 0 Å². The van der Waals surface area contributed by atoms with Gasteiger partial charge in [0.1, 0.15) is 4.90 Å². The Morgan fingerprint density at radius 3 is 3.00 bits per heavy atom. The zero-order chi connectivity index (χ0) is 16.2. The van der Waals surface area contributed by atoms with Gasteiger partial charge in [-0.1, -0.05) is 5.16 Å². The third-order valence-electron chi connectivity index (χ3n) is 4.97. The van der Waals surface area contributed by atoms with Crippen molar-refractivity contribution in [2.45, 2.75) is 43.7 Å². The molecule has 4 heterocycles. The second-order valence-electron chi connectivity index (χ2n) is 6.51. The highest BCUT2D eigenvalue weighted by atomic mass is 32.2. The monoisotopic (exact) mass is 336 g/mol.